The van der Waals surface area contributed by atoms with Crippen LogP contribution < -0.4 is 0 Å². The second kappa shape index (κ2) is 13.8. The fourth-order valence-corrected chi connectivity index (χ4v) is 5.78. The van der Waals surface area contributed by atoms with Gasteiger partial charge in [0.15, 0.2) is 5.82 Å². The van der Waals surface area contributed by atoms with E-state index in [9.17, 15) is 19.4 Å². The van der Waals surface area contributed by atoms with Crippen molar-refractivity contribution in [3.63, 3.8) is 0 Å². The molecule has 0 aliphatic carbocycles. The molecule has 3 N–H and O–H groups in total. The minimum Gasteiger partial charge on any atom is -0.464 e. The van der Waals surface area contributed by atoms with Crippen molar-refractivity contribution in [3.05, 3.63) is 70.6 Å². The van der Waals surface area contributed by atoms with Gasteiger partial charge in [0.2, 0.25) is 0 Å². The number of aliphatic hydroxyl groups is 3. The van der Waals surface area contributed by atoms with Crippen LogP contribution in [0.3, 0.4) is 0 Å². The third kappa shape index (κ3) is 6.77. The maximum absolute atomic E-state index is 14.0. The van der Waals surface area contributed by atoms with Crippen LogP contribution in [0.2, 0.25) is 5.02 Å². The molecule has 1 saturated heterocycles. The summed E-state index contributed by atoms with van der Waals surface area (Å²) in [5.74, 6) is -0.607. The Bertz CT molecular complexity index is 1750. The topological polar surface area (TPSA) is 171 Å². The van der Waals surface area contributed by atoms with E-state index < -0.39 is 49.4 Å². The predicted molar refractivity (Wildman–Crippen MR) is 158 cm³/mol. The minimum absolute atomic E-state index is 0.0124. The Kier molecular flexibility index (Phi) is 9.93. The van der Waals surface area contributed by atoms with Gasteiger partial charge in [-0.25, -0.2) is 28.5 Å². The summed E-state index contributed by atoms with van der Waals surface area (Å²) < 4.78 is 28.6. The van der Waals surface area contributed by atoms with Gasteiger partial charge in [-0.3, -0.25) is 0 Å². The van der Waals surface area contributed by atoms with Crippen LogP contribution in [0.4, 0.5) is 4.39 Å². The number of aryl methyl sites for hydroxylation is 1. The van der Waals surface area contributed by atoms with Crippen molar-refractivity contribution in [1.29, 1.82) is 0 Å². The fraction of sp³-hybridized carbons (Fsp3) is 0.357. The third-order valence-corrected chi connectivity index (χ3v) is 8.08. The number of benzene rings is 2. The normalized spacial score (nSPS) is 19.9. The Labute approximate surface area is 259 Å². The van der Waals surface area contributed by atoms with Crippen LogP contribution in [0.1, 0.15) is 36.3 Å². The number of carbonyl (C=O) groups excluding carboxylic acids is 1. The van der Waals surface area contributed by atoms with Crippen molar-refractivity contribution in [2.24, 2.45) is 0 Å². The predicted octanol–water partition coefficient (Wildman–Crippen LogP) is 3.20. The summed E-state index contributed by atoms with van der Waals surface area (Å²) in [7, 11) is 0. The SMILES string of the molecule is CCOC(=O)CO.Cc1nc2ccc(-n3ncnc3C3CC(n4cc(-c5ccc(Cl)c(F)c5)nn4)C(O)C(CO)O3)cc2s1. The van der Waals surface area contributed by atoms with E-state index in [0.29, 0.717) is 23.7 Å². The van der Waals surface area contributed by atoms with Crippen LogP contribution in [0.25, 0.3) is 27.2 Å². The van der Waals surface area contributed by atoms with Gasteiger partial charge in [-0.2, -0.15) is 5.10 Å². The molecule has 3 aromatic heterocycles. The molecular weight excluding hydrogens is 617 g/mol. The summed E-state index contributed by atoms with van der Waals surface area (Å²) in [6, 6.07) is 9.61. The summed E-state index contributed by atoms with van der Waals surface area (Å²) >= 11 is 7.39. The van der Waals surface area contributed by atoms with Crippen LogP contribution in [0.15, 0.2) is 48.9 Å². The highest BCUT2D eigenvalue weighted by Crippen LogP contribution is 2.38. The zero-order valence-corrected chi connectivity index (χ0v) is 25.2. The summed E-state index contributed by atoms with van der Waals surface area (Å²) in [6.07, 6.45) is 0.797. The zero-order valence-electron chi connectivity index (χ0n) is 23.6. The molecule has 0 amide bonds. The maximum atomic E-state index is 14.0. The van der Waals surface area contributed by atoms with Crippen molar-refractivity contribution in [3.8, 4) is 16.9 Å². The molecule has 5 aromatic rings. The monoisotopic (exact) mass is 645 g/mol. The van der Waals surface area contributed by atoms with Gasteiger partial charge >= 0.3 is 5.97 Å². The number of aliphatic hydroxyl groups excluding tert-OH is 3. The standard InChI is InChI=1S/C24H21ClFN7O3S.C4H8O3/c1-12-29-17-5-3-14(7-22(17)37-12)33-24(27-11-28-33)20-8-19(23(35)21(10-34)36-20)32-9-18(30-31-32)13-2-4-15(25)16(26)6-13;1-2-7-4(6)3-5/h2-7,9,11,19-21,23,34-35H,8,10H2,1H3;5H,2-3H2,1H3. The maximum Gasteiger partial charge on any atom is 0.331 e. The molecule has 1 aliphatic heterocycles. The molecule has 4 atom stereocenters. The lowest BCUT2D eigenvalue weighted by atomic mass is 9.95. The first kappa shape index (κ1) is 31.6. The zero-order chi connectivity index (χ0) is 31.4. The lowest BCUT2D eigenvalue weighted by molar-refractivity contribution is -0.161. The van der Waals surface area contributed by atoms with Gasteiger partial charge in [0.1, 0.15) is 42.8 Å². The molecule has 4 heterocycles. The molecule has 4 unspecified atom stereocenters. The van der Waals surface area contributed by atoms with E-state index in [4.69, 9.17) is 21.4 Å². The average Bonchev–Trinajstić information content (AvgIpc) is 3.78. The Morgan fingerprint density at radius 2 is 2.07 bits per heavy atom. The molecule has 0 bridgehead atoms. The molecule has 2 aromatic carbocycles. The van der Waals surface area contributed by atoms with Crippen molar-refractivity contribution < 1.29 is 34.0 Å². The second-order valence-corrected chi connectivity index (χ2v) is 11.4. The van der Waals surface area contributed by atoms with Crippen molar-refractivity contribution in [1.82, 2.24) is 34.7 Å². The molecule has 232 valence electrons. The van der Waals surface area contributed by atoms with Gasteiger partial charge in [0.05, 0.1) is 51.4 Å². The Morgan fingerprint density at radius 1 is 1.25 bits per heavy atom. The highest BCUT2D eigenvalue weighted by molar-refractivity contribution is 7.18. The molecule has 44 heavy (non-hydrogen) atoms. The number of thiazole rings is 1. The lowest BCUT2D eigenvalue weighted by Crippen LogP contribution is -2.45. The fourth-order valence-electron chi connectivity index (χ4n) is 4.80. The van der Waals surface area contributed by atoms with E-state index >= 15 is 0 Å². The first-order valence-electron chi connectivity index (χ1n) is 13.6. The Morgan fingerprint density at radius 3 is 2.77 bits per heavy atom. The summed E-state index contributed by atoms with van der Waals surface area (Å²) in [5.41, 5.74) is 2.62. The lowest BCUT2D eigenvalue weighted by Gasteiger charge is -2.38. The molecule has 6 rings (SSSR count). The third-order valence-electron chi connectivity index (χ3n) is 6.84. The van der Waals surface area contributed by atoms with Crippen LogP contribution >= 0.6 is 22.9 Å². The Hall–Kier alpha value is -3.86. The summed E-state index contributed by atoms with van der Waals surface area (Å²) in [5, 5.41) is 42.6. The molecule has 16 heteroatoms. The number of fused-ring (bicyclic) bond motifs is 1. The van der Waals surface area contributed by atoms with Gasteiger partial charge in [-0.1, -0.05) is 22.9 Å². The Balaban J connectivity index is 0.000000493. The van der Waals surface area contributed by atoms with E-state index in [1.165, 1.54) is 23.1 Å². The van der Waals surface area contributed by atoms with E-state index in [1.807, 2.05) is 25.1 Å². The largest absolute Gasteiger partial charge is 0.464 e. The van der Waals surface area contributed by atoms with Crippen LogP contribution in [-0.4, -0.2) is 88.1 Å². The van der Waals surface area contributed by atoms with Gasteiger partial charge < -0.3 is 24.8 Å². The van der Waals surface area contributed by atoms with E-state index in [0.717, 1.165) is 20.9 Å². The van der Waals surface area contributed by atoms with E-state index in [-0.39, 0.29) is 11.4 Å². The first-order chi connectivity index (χ1) is 21.2. The van der Waals surface area contributed by atoms with Crippen LogP contribution in [0, 0.1) is 12.7 Å². The van der Waals surface area contributed by atoms with Crippen LogP contribution in [-0.2, 0) is 14.3 Å². The van der Waals surface area contributed by atoms with Gasteiger partial charge in [-0.15, -0.1) is 16.4 Å². The molecular formula is C28H29ClFN7O6S. The minimum atomic E-state index is -1.06. The molecule has 13 nitrogen and oxygen atoms in total. The molecule has 0 radical (unpaired) electrons. The number of hydrogen-bond acceptors (Lipinski definition) is 12. The number of halogens is 2. The molecule has 1 fully saturated rings. The quantitative estimate of drug-likeness (QED) is 0.222. The smallest absolute Gasteiger partial charge is 0.331 e. The molecule has 0 spiro atoms. The number of esters is 1. The van der Waals surface area contributed by atoms with Crippen molar-refractivity contribution >= 4 is 39.1 Å². The second-order valence-electron chi connectivity index (χ2n) is 9.73. The number of aromatic nitrogens is 7. The summed E-state index contributed by atoms with van der Waals surface area (Å²) in [6.45, 7) is 3.06. The number of nitrogens with zero attached hydrogens (tertiary/aromatic N) is 7. The van der Waals surface area contributed by atoms with E-state index in [2.05, 4.69) is 30.1 Å². The average molecular weight is 646 g/mol. The summed E-state index contributed by atoms with van der Waals surface area (Å²) in [4.78, 5) is 18.9. The molecule has 1 aliphatic rings. The van der Waals surface area contributed by atoms with Crippen molar-refractivity contribution in [2.45, 2.75) is 44.6 Å². The number of hydrogen-bond donors (Lipinski definition) is 3. The van der Waals surface area contributed by atoms with E-state index in [1.54, 1.807) is 35.2 Å². The van der Waals surface area contributed by atoms with Gasteiger partial charge in [-0.05, 0) is 44.2 Å². The highest BCUT2D eigenvalue weighted by atomic mass is 35.5. The van der Waals surface area contributed by atoms with Gasteiger partial charge in [0.25, 0.3) is 0 Å². The number of ether oxygens (including phenoxy) is 2. The molecule has 0 saturated carbocycles. The number of carbonyl (C=O) groups is 1. The van der Waals surface area contributed by atoms with Gasteiger partial charge in [0, 0.05) is 12.0 Å². The van der Waals surface area contributed by atoms with Crippen molar-refractivity contribution in [2.75, 3.05) is 19.8 Å². The van der Waals surface area contributed by atoms with Crippen LogP contribution in [0.5, 0.6) is 0 Å². The number of rotatable bonds is 7. The highest BCUT2D eigenvalue weighted by Gasteiger charge is 2.41. The first-order valence-corrected chi connectivity index (χ1v) is 14.8.